The number of nitrogens with one attached hydrogen (secondary N) is 2. The molecular weight excluding hydrogens is 248 g/mol. The van der Waals surface area contributed by atoms with Crippen molar-refractivity contribution in [3.8, 4) is 11.3 Å². The summed E-state index contributed by atoms with van der Waals surface area (Å²) in [5.41, 5.74) is 5.41. The fraction of sp³-hybridized carbons (Fsp3) is 0.125. The van der Waals surface area contributed by atoms with Crippen molar-refractivity contribution in [2.24, 2.45) is 0 Å². The van der Waals surface area contributed by atoms with Gasteiger partial charge in [-0.15, -0.1) is 0 Å². The van der Waals surface area contributed by atoms with Crippen LogP contribution in [0.5, 0.6) is 0 Å². The van der Waals surface area contributed by atoms with Crippen LogP contribution in [0.15, 0.2) is 54.9 Å². The third-order valence-corrected chi connectivity index (χ3v) is 3.12. The topological polar surface area (TPSA) is 53.6 Å². The lowest BCUT2D eigenvalue weighted by atomic mass is 10.1. The number of rotatable bonds is 4. The van der Waals surface area contributed by atoms with Crippen LogP contribution in [0.4, 0.5) is 5.69 Å². The van der Waals surface area contributed by atoms with Crippen LogP contribution >= 0.6 is 0 Å². The Balaban J connectivity index is 1.72. The maximum Gasteiger partial charge on any atom is 0.0650 e. The van der Waals surface area contributed by atoms with Crippen molar-refractivity contribution < 1.29 is 0 Å². The van der Waals surface area contributed by atoms with Crippen molar-refractivity contribution in [2.75, 3.05) is 5.32 Å². The number of benzene rings is 1. The minimum Gasteiger partial charge on any atom is -0.379 e. The molecule has 3 rings (SSSR count). The number of hydrogen-bond donors (Lipinski definition) is 2. The quantitative estimate of drug-likeness (QED) is 0.759. The molecule has 3 aromatic rings. The van der Waals surface area contributed by atoms with Crippen LogP contribution in [-0.2, 0) is 6.54 Å². The lowest BCUT2D eigenvalue weighted by Crippen LogP contribution is -2.01. The maximum absolute atomic E-state index is 4.39. The number of nitrogens with zero attached hydrogens (tertiary/aromatic N) is 2. The molecule has 0 aliphatic rings. The fourth-order valence-corrected chi connectivity index (χ4v) is 2.01. The van der Waals surface area contributed by atoms with Crippen molar-refractivity contribution in [3.05, 3.63) is 66.1 Å². The van der Waals surface area contributed by atoms with Crippen molar-refractivity contribution in [2.45, 2.75) is 13.5 Å². The summed E-state index contributed by atoms with van der Waals surface area (Å²) in [6.07, 6.45) is 3.64. The first-order chi connectivity index (χ1) is 9.81. The van der Waals surface area contributed by atoms with Crippen molar-refractivity contribution >= 4 is 5.69 Å². The number of anilines is 1. The van der Waals surface area contributed by atoms with E-state index in [0.717, 1.165) is 22.6 Å². The van der Waals surface area contributed by atoms with Crippen molar-refractivity contribution in [1.82, 2.24) is 15.2 Å². The largest absolute Gasteiger partial charge is 0.379 e. The molecule has 2 N–H and O–H groups in total. The van der Waals surface area contributed by atoms with Crippen LogP contribution in [0.1, 0.15) is 11.3 Å². The fourth-order valence-electron chi connectivity index (χ4n) is 2.01. The van der Waals surface area contributed by atoms with Gasteiger partial charge in [-0.3, -0.25) is 10.1 Å². The van der Waals surface area contributed by atoms with Gasteiger partial charge < -0.3 is 5.32 Å². The molecule has 0 saturated carbocycles. The van der Waals surface area contributed by atoms with Gasteiger partial charge in [0.2, 0.25) is 0 Å². The Morgan fingerprint density at radius 1 is 1.15 bits per heavy atom. The Morgan fingerprint density at radius 2 is 2.10 bits per heavy atom. The van der Waals surface area contributed by atoms with E-state index in [9.17, 15) is 0 Å². The third-order valence-electron chi connectivity index (χ3n) is 3.12. The summed E-state index contributed by atoms with van der Waals surface area (Å²) < 4.78 is 0. The number of aryl methyl sites for hydroxylation is 1. The molecule has 0 amide bonds. The highest BCUT2D eigenvalue weighted by molar-refractivity contribution is 5.64. The van der Waals surface area contributed by atoms with E-state index in [4.69, 9.17) is 0 Å². The van der Waals surface area contributed by atoms with Gasteiger partial charge in [-0.2, -0.15) is 5.10 Å². The Bertz CT molecular complexity index is 672. The third kappa shape index (κ3) is 2.85. The van der Waals surface area contributed by atoms with Gasteiger partial charge in [-0.1, -0.05) is 18.2 Å². The number of aromatic amines is 1. The summed E-state index contributed by atoms with van der Waals surface area (Å²) in [5, 5.41) is 10.3. The lowest BCUT2D eigenvalue weighted by Gasteiger charge is -2.07. The number of aromatic nitrogens is 3. The zero-order valence-electron chi connectivity index (χ0n) is 11.3. The Morgan fingerprint density at radius 3 is 2.85 bits per heavy atom. The minimum absolute atomic E-state index is 0.715. The molecule has 0 saturated heterocycles. The van der Waals surface area contributed by atoms with E-state index in [2.05, 4.69) is 38.7 Å². The molecule has 4 nitrogen and oxygen atoms in total. The van der Waals surface area contributed by atoms with E-state index in [1.54, 1.807) is 6.20 Å². The van der Waals surface area contributed by atoms with E-state index in [0.29, 0.717) is 6.54 Å². The first-order valence-corrected chi connectivity index (χ1v) is 6.56. The molecule has 100 valence electrons. The second kappa shape index (κ2) is 5.57. The van der Waals surface area contributed by atoms with Gasteiger partial charge in [0.1, 0.15) is 0 Å². The lowest BCUT2D eigenvalue weighted by molar-refractivity contribution is 1.04. The molecule has 0 spiro atoms. The zero-order chi connectivity index (χ0) is 13.8. The van der Waals surface area contributed by atoms with Crippen LogP contribution in [0.2, 0.25) is 0 Å². The molecule has 0 aliphatic heterocycles. The van der Waals surface area contributed by atoms with E-state index in [1.807, 2.05) is 37.4 Å². The van der Waals surface area contributed by atoms with Gasteiger partial charge in [0.25, 0.3) is 0 Å². The van der Waals surface area contributed by atoms with Crippen LogP contribution in [-0.4, -0.2) is 15.2 Å². The first-order valence-electron chi connectivity index (χ1n) is 6.56. The highest BCUT2D eigenvalue weighted by Crippen LogP contribution is 2.20. The summed E-state index contributed by atoms with van der Waals surface area (Å²) in [6, 6.07) is 14.3. The predicted octanol–water partition coefficient (Wildman–Crippen LogP) is 3.39. The highest BCUT2D eigenvalue weighted by Gasteiger charge is 2.00. The van der Waals surface area contributed by atoms with Gasteiger partial charge in [0, 0.05) is 23.6 Å². The molecule has 0 fully saturated rings. The number of H-pyrrole nitrogens is 1. The molecule has 0 atom stereocenters. The highest BCUT2D eigenvalue weighted by atomic mass is 15.1. The van der Waals surface area contributed by atoms with E-state index < -0.39 is 0 Å². The van der Waals surface area contributed by atoms with Crippen molar-refractivity contribution in [3.63, 3.8) is 0 Å². The average Bonchev–Trinajstić information content (AvgIpc) is 3.01. The molecular formula is C16H16N4. The summed E-state index contributed by atoms with van der Waals surface area (Å²) >= 11 is 0. The molecule has 0 bridgehead atoms. The van der Waals surface area contributed by atoms with Gasteiger partial charge in [-0.05, 0) is 36.8 Å². The van der Waals surface area contributed by atoms with Gasteiger partial charge >= 0.3 is 0 Å². The number of hydrogen-bond acceptors (Lipinski definition) is 3. The molecule has 0 unspecified atom stereocenters. The second-order valence-corrected chi connectivity index (χ2v) is 4.73. The van der Waals surface area contributed by atoms with E-state index in [1.165, 1.54) is 5.56 Å². The Hall–Kier alpha value is -2.62. The summed E-state index contributed by atoms with van der Waals surface area (Å²) in [4.78, 5) is 4.39. The smallest absolute Gasteiger partial charge is 0.0650 e. The normalized spacial score (nSPS) is 10.4. The van der Waals surface area contributed by atoms with Gasteiger partial charge in [0.15, 0.2) is 0 Å². The van der Waals surface area contributed by atoms with Crippen LogP contribution < -0.4 is 5.32 Å². The monoisotopic (exact) mass is 264 g/mol. The van der Waals surface area contributed by atoms with Crippen LogP contribution in [0.25, 0.3) is 11.3 Å². The molecule has 20 heavy (non-hydrogen) atoms. The van der Waals surface area contributed by atoms with E-state index >= 15 is 0 Å². The Kier molecular flexibility index (Phi) is 3.46. The van der Waals surface area contributed by atoms with Crippen molar-refractivity contribution in [1.29, 1.82) is 0 Å². The predicted molar refractivity (Wildman–Crippen MR) is 80.3 cm³/mol. The summed E-state index contributed by atoms with van der Waals surface area (Å²) in [5.74, 6) is 0. The molecule has 0 radical (unpaired) electrons. The standard InChI is InChI=1S/C16H16N4/c1-12-5-6-15(17-10-12)11-18-14-4-2-3-13(9-14)16-7-8-19-20-16/h2-10,18H,11H2,1H3,(H,19,20). The molecule has 1 aromatic carbocycles. The summed E-state index contributed by atoms with van der Waals surface area (Å²) in [7, 11) is 0. The Labute approximate surface area is 117 Å². The first kappa shape index (κ1) is 12.4. The van der Waals surface area contributed by atoms with Crippen LogP contribution in [0, 0.1) is 6.92 Å². The maximum atomic E-state index is 4.39. The SMILES string of the molecule is Cc1ccc(CNc2cccc(-c3ccn[nH]3)c2)nc1. The molecule has 4 heteroatoms. The average molecular weight is 264 g/mol. The second-order valence-electron chi connectivity index (χ2n) is 4.73. The molecule has 2 aromatic heterocycles. The molecule has 0 aliphatic carbocycles. The minimum atomic E-state index is 0.715. The number of pyridine rings is 1. The van der Waals surface area contributed by atoms with Gasteiger partial charge in [-0.25, -0.2) is 0 Å². The van der Waals surface area contributed by atoms with Crippen LogP contribution in [0.3, 0.4) is 0 Å². The summed E-state index contributed by atoms with van der Waals surface area (Å²) in [6.45, 7) is 2.75. The van der Waals surface area contributed by atoms with Gasteiger partial charge in [0.05, 0.1) is 17.9 Å². The molecule has 2 heterocycles. The van der Waals surface area contributed by atoms with E-state index in [-0.39, 0.29) is 0 Å². The zero-order valence-corrected chi connectivity index (χ0v) is 11.3.